The molecule has 9 unspecified atom stereocenters. The van der Waals surface area contributed by atoms with Crippen LogP contribution < -0.4 is 0 Å². The Morgan fingerprint density at radius 3 is 1.03 bits per heavy atom. The molecule has 0 saturated heterocycles. The number of allylic oxidation sites excluding steroid dienone is 4. The van der Waals surface area contributed by atoms with E-state index in [2.05, 4.69) is 367 Å². The Morgan fingerprint density at radius 1 is 0.392 bits per heavy atom. The molecule has 4 aromatic rings. The van der Waals surface area contributed by atoms with Crippen LogP contribution in [-0.4, -0.2) is 30.0 Å². The lowest BCUT2D eigenvalue weighted by molar-refractivity contribution is 0.0345. The maximum absolute atomic E-state index is 4.15. The molecule has 0 bridgehead atoms. The van der Waals surface area contributed by atoms with Crippen molar-refractivity contribution in [3.05, 3.63) is 112 Å². The number of hydrogen-bond acceptors (Lipinski definition) is 4. The van der Waals surface area contributed by atoms with Crippen molar-refractivity contribution in [2.75, 3.05) is 0 Å². The Labute approximate surface area is 638 Å². The maximum Gasteiger partial charge on any atom is 0.0881 e. The summed E-state index contributed by atoms with van der Waals surface area (Å²) in [7, 11) is 0. The molecule has 0 fully saturated rings. The monoisotopic (exact) mass is 1410 g/mol. The summed E-state index contributed by atoms with van der Waals surface area (Å²) in [5.41, 5.74) is 30.7. The molecular formula is C96H176N6. The second-order valence-electron chi connectivity index (χ2n) is 38.7. The van der Waals surface area contributed by atoms with Gasteiger partial charge in [-0.05, 0) is 326 Å². The Hall–Kier alpha value is -3.80. The standard InChI is InChI=1S/2C17H32.2C16H26.C12H26.2C9H17N3/c1-10(2)16-13(6)12(5)14(7)17(9,11(3)4)15(16)8;1-10(2)16-14(7)12(5)13(6)15(8)17(16,9)11(3)4;1-9(2)15-12(6)11(5)13(7)16(10(3)4)14(15)8;1-9(2)15-13(7)11(5)12(6)14(8)16(15)10(3)4;1-9(2)8-12(6,7)11(5)10(3)4;1-6(2)9-8(5)12(7(3)4)11-10-9;1-6(2)9-8(5)10-11-12(9)7(3)4/h10-11,13,15-16H,1-9H3;10-12,14,16H,1-9H3;2*9-10H,1-8H3;9-11H,8H2,1-7H3;2*6-7H,1-5H3. The predicted molar refractivity (Wildman–Crippen MR) is 459 cm³/mol. The maximum atomic E-state index is 4.15. The molecule has 0 N–H and O–H groups in total. The summed E-state index contributed by atoms with van der Waals surface area (Å²) in [5.74, 6) is 13.6. The summed E-state index contributed by atoms with van der Waals surface area (Å²) in [6.45, 7) is 118. The zero-order chi connectivity index (χ0) is 80.9. The van der Waals surface area contributed by atoms with Gasteiger partial charge in [-0.15, -0.1) is 10.2 Å². The third kappa shape index (κ3) is 23.4. The predicted octanol–water partition coefficient (Wildman–Crippen LogP) is 30.4. The van der Waals surface area contributed by atoms with Crippen LogP contribution in [0.5, 0.6) is 0 Å². The van der Waals surface area contributed by atoms with Gasteiger partial charge in [-0.1, -0.05) is 261 Å². The Bertz CT molecular complexity index is 3150. The molecule has 0 aliphatic heterocycles. The zero-order valence-corrected chi connectivity index (χ0v) is 78.0. The molecule has 102 heavy (non-hydrogen) atoms. The fourth-order valence-electron chi connectivity index (χ4n) is 19.7. The molecule has 6 nitrogen and oxygen atoms in total. The quantitative estimate of drug-likeness (QED) is 0.105. The number of hydrogen-bond donors (Lipinski definition) is 0. The van der Waals surface area contributed by atoms with E-state index >= 15 is 0 Å². The molecule has 2 aromatic carbocycles. The van der Waals surface area contributed by atoms with E-state index in [9.17, 15) is 0 Å². The van der Waals surface area contributed by atoms with E-state index < -0.39 is 0 Å². The van der Waals surface area contributed by atoms with Crippen LogP contribution in [0.15, 0.2) is 22.3 Å². The summed E-state index contributed by atoms with van der Waals surface area (Å²) >= 11 is 0. The molecule has 6 heteroatoms. The van der Waals surface area contributed by atoms with Crippen LogP contribution in [-0.2, 0) is 0 Å². The second kappa shape index (κ2) is 41.0. The molecule has 590 valence electrons. The summed E-state index contributed by atoms with van der Waals surface area (Å²) in [6.07, 6.45) is 1.34. The first-order chi connectivity index (χ1) is 46.2. The molecule has 2 aliphatic carbocycles. The van der Waals surface area contributed by atoms with Gasteiger partial charge in [0.05, 0.1) is 22.8 Å². The van der Waals surface area contributed by atoms with E-state index in [-0.39, 0.29) is 0 Å². The van der Waals surface area contributed by atoms with Gasteiger partial charge < -0.3 is 0 Å². The summed E-state index contributed by atoms with van der Waals surface area (Å²) in [4.78, 5) is 0. The van der Waals surface area contributed by atoms with Gasteiger partial charge in [0.15, 0.2) is 0 Å². The van der Waals surface area contributed by atoms with Crippen LogP contribution in [0.3, 0.4) is 0 Å². The zero-order valence-electron chi connectivity index (χ0n) is 78.0. The average molecular weight is 1410 g/mol. The van der Waals surface area contributed by atoms with E-state index in [4.69, 9.17) is 0 Å². The smallest absolute Gasteiger partial charge is 0.0881 e. The SMILES string of the molecule is CC(C)CC(C)(C)C(C)C(C)C.CC1=C(C)C(C)(C(C)C)C(C(C)C)C(C)C1C.CC1=C(C)C(C)(C(C)C)C(C)C(C(C)C)C1C.Cc1c(C(C)C)nnn1C(C)C.Cc1c(C)c(C(C)C)c(C)c(C(C)C)c1C.Cc1c(C)c(C)c(C(C)C)c(C(C)C)c1C.Cc1nnn(C(C)C)c1C(C)C. The molecule has 0 saturated carbocycles. The molecule has 6 rings (SSSR count). The largest absolute Gasteiger partial charge is 0.247 e. The highest BCUT2D eigenvalue weighted by molar-refractivity contribution is 5.53. The van der Waals surface area contributed by atoms with Gasteiger partial charge in [-0.2, -0.15) is 0 Å². The molecule has 2 aromatic heterocycles. The van der Waals surface area contributed by atoms with E-state index in [1.807, 2.05) is 16.3 Å². The van der Waals surface area contributed by atoms with Crippen molar-refractivity contribution in [1.82, 2.24) is 30.0 Å². The summed E-state index contributed by atoms with van der Waals surface area (Å²) < 4.78 is 3.97. The molecule has 0 spiro atoms. The Kier molecular flexibility index (Phi) is 39.4. The van der Waals surface area contributed by atoms with Gasteiger partial charge >= 0.3 is 0 Å². The van der Waals surface area contributed by atoms with Gasteiger partial charge in [0.1, 0.15) is 0 Å². The van der Waals surface area contributed by atoms with Crippen molar-refractivity contribution in [3.63, 3.8) is 0 Å². The molecule has 2 aliphatic rings. The molecular weight excluding hydrogens is 1240 g/mol. The third-order valence-corrected chi connectivity index (χ3v) is 27.1. The van der Waals surface area contributed by atoms with Crippen LogP contribution in [0, 0.1) is 162 Å². The summed E-state index contributed by atoms with van der Waals surface area (Å²) in [5, 5.41) is 16.4. The highest BCUT2D eigenvalue weighted by Crippen LogP contribution is 2.57. The van der Waals surface area contributed by atoms with Gasteiger partial charge in [-0.25, -0.2) is 9.36 Å². The first-order valence-electron chi connectivity index (χ1n) is 41.6. The van der Waals surface area contributed by atoms with Crippen molar-refractivity contribution in [2.45, 2.75) is 407 Å². The fraction of sp³-hybridized carbons (Fsp3) is 0.792. The molecule has 2 heterocycles. The number of nitrogens with zero attached hydrogens (tertiary/aromatic N) is 6. The van der Waals surface area contributed by atoms with E-state index in [1.54, 1.807) is 44.5 Å². The lowest BCUT2D eigenvalue weighted by Crippen LogP contribution is -2.46. The fourth-order valence-corrected chi connectivity index (χ4v) is 19.7. The van der Waals surface area contributed by atoms with Crippen molar-refractivity contribution >= 4 is 0 Å². The Balaban J connectivity index is 0.00000117. The van der Waals surface area contributed by atoms with E-state index in [0.29, 0.717) is 63.8 Å². The van der Waals surface area contributed by atoms with Gasteiger partial charge in [0, 0.05) is 12.1 Å². The van der Waals surface area contributed by atoms with Gasteiger partial charge in [0.2, 0.25) is 0 Å². The van der Waals surface area contributed by atoms with Crippen LogP contribution in [0.4, 0.5) is 0 Å². The number of benzene rings is 2. The summed E-state index contributed by atoms with van der Waals surface area (Å²) in [6, 6.07) is 0.814. The van der Waals surface area contributed by atoms with Crippen LogP contribution in [0.25, 0.3) is 0 Å². The van der Waals surface area contributed by atoms with Crippen LogP contribution in [0.1, 0.15) is 427 Å². The molecule has 0 radical (unpaired) electrons. The van der Waals surface area contributed by atoms with Gasteiger partial charge in [-0.3, -0.25) is 0 Å². The van der Waals surface area contributed by atoms with Crippen LogP contribution >= 0.6 is 0 Å². The minimum absolute atomic E-state index is 0.379. The molecule has 0 amide bonds. The first kappa shape index (κ1) is 98.2. The second-order valence-corrected chi connectivity index (χ2v) is 38.7. The van der Waals surface area contributed by atoms with Crippen molar-refractivity contribution in [1.29, 1.82) is 0 Å². The van der Waals surface area contributed by atoms with Crippen molar-refractivity contribution in [2.24, 2.45) is 93.2 Å². The Morgan fingerprint density at radius 2 is 0.745 bits per heavy atom. The van der Waals surface area contributed by atoms with E-state index in [1.165, 1.54) is 62.3 Å². The van der Waals surface area contributed by atoms with Gasteiger partial charge in [0.25, 0.3) is 0 Å². The minimum Gasteiger partial charge on any atom is -0.247 e. The van der Waals surface area contributed by atoms with Crippen molar-refractivity contribution in [3.8, 4) is 0 Å². The minimum atomic E-state index is 0.379. The third-order valence-electron chi connectivity index (χ3n) is 27.1. The van der Waals surface area contributed by atoms with Crippen LogP contribution in [0.2, 0.25) is 0 Å². The topological polar surface area (TPSA) is 61.4 Å². The van der Waals surface area contributed by atoms with E-state index in [0.717, 1.165) is 88.3 Å². The molecule has 9 atom stereocenters. The number of aromatic nitrogens is 6. The number of rotatable bonds is 16. The lowest BCUT2D eigenvalue weighted by Gasteiger charge is -2.53. The van der Waals surface area contributed by atoms with Crippen molar-refractivity contribution < 1.29 is 0 Å². The highest BCUT2D eigenvalue weighted by Gasteiger charge is 2.49. The normalized spacial score (nSPS) is 21.3. The lowest BCUT2D eigenvalue weighted by atomic mass is 9.51. The average Bonchev–Trinajstić information content (AvgIpc) is 0.952. The number of aryl methyl sites for hydroxylation is 1. The highest BCUT2D eigenvalue weighted by atomic mass is 15.4. The first-order valence-corrected chi connectivity index (χ1v) is 41.6.